The SMILES string of the molecule is CO[C@H]1O[C@H](C)[C@H](OCc2ccccc2C)[C@H]1OC. The molecule has 2 rings (SSSR count). The molecule has 1 aromatic carbocycles. The van der Waals surface area contributed by atoms with Gasteiger partial charge in [0.15, 0.2) is 6.29 Å². The molecule has 1 aliphatic rings. The van der Waals surface area contributed by atoms with E-state index >= 15 is 0 Å². The van der Waals surface area contributed by atoms with Crippen molar-refractivity contribution in [2.24, 2.45) is 0 Å². The van der Waals surface area contributed by atoms with Gasteiger partial charge in [-0.25, -0.2) is 0 Å². The van der Waals surface area contributed by atoms with Crippen LogP contribution < -0.4 is 0 Å². The lowest BCUT2D eigenvalue weighted by Crippen LogP contribution is -2.36. The first-order valence-electron chi connectivity index (χ1n) is 6.54. The average molecular weight is 266 g/mol. The summed E-state index contributed by atoms with van der Waals surface area (Å²) in [6.07, 6.45) is -0.709. The third kappa shape index (κ3) is 3.15. The molecular weight excluding hydrogens is 244 g/mol. The Hall–Kier alpha value is -0.940. The molecular formula is C15H22O4. The highest BCUT2D eigenvalue weighted by molar-refractivity contribution is 5.24. The van der Waals surface area contributed by atoms with Gasteiger partial charge in [-0.05, 0) is 25.0 Å². The lowest BCUT2D eigenvalue weighted by Gasteiger charge is -2.22. The summed E-state index contributed by atoms with van der Waals surface area (Å²) < 4.78 is 22.4. The van der Waals surface area contributed by atoms with E-state index in [4.69, 9.17) is 18.9 Å². The Labute approximate surface area is 114 Å². The molecule has 0 aliphatic carbocycles. The Morgan fingerprint density at radius 3 is 2.47 bits per heavy atom. The van der Waals surface area contributed by atoms with Crippen molar-refractivity contribution in [3.8, 4) is 0 Å². The summed E-state index contributed by atoms with van der Waals surface area (Å²) in [6, 6.07) is 8.20. The highest BCUT2D eigenvalue weighted by Gasteiger charge is 2.43. The zero-order valence-corrected chi connectivity index (χ0v) is 12.0. The summed E-state index contributed by atoms with van der Waals surface area (Å²) in [4.78, 5) is 0. The van der Waals surface area contributed by atoms with Gasteiger partial charge in [0, 0.05) is 14.2 Å². The van der Waals surface area contributed by atoms with E-state index in [1.807, 2.05) is 19.1 Å². The number of ether oxygens (including phenoxy) is 4. The van der Waals surface area contributed by atoms with Gasteiger partial charge in [0.1, 0.15) is 12.2 Å². The summed E-state index contributed by atoms with van der Waals surface area (Å²) in [7, 11) is 3.27. The summed E-state index contributed by atoms with van der Waals surface area (Å²) in [5, 5.41) is 0. The molecule has 4 atom stereocenters. The molecule has 0 radical (unpaired) electrons. The van der Waals surface area contributed by atoms with E-state index in [1.165, 1.54) is 11.1 Å². The van der Waals surface area contributed by atoms with Gasteiger partial charge in [-0.2, -0.15) is 0 Å². The Bertz CT molecular complexity index is 407. The van der Waals surface area contributed by atoms with E-state index < -0.39 is 0 Å². The fourth-order valence-electron chi connectivity index (χ4n) is 2.41. The van der Waals surface area contributed by atoms with E-state index in [2.05, 4.69) is 19.1 Å². The number of hydrogen-bond donors (Lipinski definition) is 0. The van der Waals surface area contributed by atoms with Gasteiger partial charge in [0.05, 0.1) is 12.7 Å². The van der Waals surface area contributed by atoms with Crippen LogP contribution in [0.4, 0.5) is 0 Å². The van der Waals surface area contributed by atoms with E-state index in [0.29, 0.717) is 6.61 Å². The van der Waals surface area contributed by atoms with Crippen LogP contribution in [0.25, 0.3) is 0 Å². The van der Waals surface area contributed by atoms with Gasteiger partial charge in [-0.15, -0.1) is 0 Å². The Morgan fingerprint density at radius 1 is 1.11 bits per heavy atom. The van der Waals surface area contributed by atoms with Crippen LogP contribution in [-0.4, -0.2) is 38.8 Å². The predicted octanol–water partition coefficient (Wildman–Crippen LogP) is 2.29. The van der Waals surface area contributed by atoms with Crippen LogP contribution >= 0.6 is 0 Å². The smallest absolute Gasteiger partial charge is 0.186 e. The first kappa shape index (κ1) is 14.5. The molecule has 0 saturated carbocycles. The molecule has 0 amide bonds. The normalized spacial score (nSPS) is 30.7. The van der Waals surface area contributed by atoms with E-state index in [-0.39, 0.29) is 24.6 Å². The van der Waals surface area contributed by atoms with Crippen LogP contribution in [-0.2, 0) is 25.6 Å². The number of rotatable bonds is 5. The summed E-state index contributed by atoms with van der Waals surface area (Å²) >= 11 is 0. The van der Waals surface area contributed by atoms with E-state index in [9.17, 15) is 0 Å². The third-order valence-corrected chi connectivity index (χ3v) is 3.60. The predicted molar refractivity (Wildman–Crippen MR) is 71.9 cm³/mol. The van der Waals surface area contributed by atoms with Crippen molar-refractivity contribution in [3.05, 3.63) is 35.4 Å². The van der Waals surface area contributed by atoms with Crippen LogP contribution in [0, 0.1) is 6.92 Å². The second-order valence-electron chi connectivity index (χ2n) is 4.85. The van der Waals surface area contributed by atoms with Gasteiger partial charge < -0.3 is 18.9 Å². The van der Waals surface area contributed by atoms with Crippen LogP contribution in [0.2, 0.25) is 0 Å². The second kappa shape index (κ2) is 6.48. The molecule has 19 heavy (non-hydrogen) atoms. The van der Waals surface area contributed by atoms with Crippen molar-refractivity contribution in [1.82, 2.24) is 0 Å². The van der Waals surface area contributed by atoms with Crippen molar-refractivity contribution in [1.29, 1.82) is 0 Å². The van der Waals surface area contributed by atoms with Gasteiger partial charge >= 0.3 is 0 Å². The molecule has 1 aromatic rings. The number of aryl methyl sites for hydroxylation is 1. The van der Waals surface area contributed by atoms with Crippen LogP contribution in [0.1, 0.15) is 18.1 Å². The van der Waals surface area contributed by atoms with Crippen molar-refractivity contribution in [2.75, 3.05) is 14.2 Å². The molecule has 0 spiro atoms. The highest BCUT2D eigenvalue weighted by Crippen LogP contribution is 2.27. The maximum Gasteiger partial charge on any atom is 0.186 e. The largest absolute Gasteiger partial charge is 0.373 e. The zero-order chi connectivity index (χ0) is 13.8. The minimum absolute atomic E-state index is 0.0427. The Balaban J connectivity index is 2.00. The first-order chi connectivity index (χ1) is 9.17. The molecule has 0 unspecified atom stereocenters. The molecule has 4 nitrogen and oxygen atoms in total. The van der Waals surface area contributed by atoms with Crippen molar-refractivity contribution >= 4 is 0 Å². The van der Waals surface area contributed by atoms with E-state index in [0.717, 1.165) is 0 Å². The van der Waals surface area contributed by atoms with Crippen LogP contribution in [0.3, 0.4) is 0 Å². The molecule has 1 fully saturated rings. The third-order valence-electron chi connectivity index (χ3n) is 3.60. The first-order valence-corrected chi connectivity index (χ1v) is 6.54. The molecule has 4 heteroatoms. The van der Waals surface area contributed by atoms with Crippen LogP contribution in [0.15, 0.2) is 24.3 Å². The molecule has 0 N–H and O–H groups in total. The van der Waals surface area contributed by atoms with Crippen molar-refractivity contribution in [3.63, 3.8) is 0 Å². The van der Waals surface area contributed by atoms with Gasteiger partial charge in [0.25, 0.3) is 0 Å². The highest BCUT2D eigenvalue weighted by atomic mass is 16.7. The Morgan fingerprint density at radius 2 is 1.84 bits per heavy atom. The monoisotopic (exact) mass is 266 g/mol. The van der Waals surface area contributed by atoms with Gasteiger partial charge in [-0.3, -0.25) is 0 Å². The lowest BCUT2D eigenvalue weighted by atomic mass is 10.1. The summed E-state index contributed by atoms with van der Waals surface area (Å²) in [5.41, 5.74) is 2.41. The number of hydrogen-bond acceptors (Lipinski definition) is 4. The maximum atomic E-state index is 5.99. The minimum atomic E-state index is -0.359. The topological polar surface area (TPSA) is 36.9 Å². The zero-order valence-electron chi connectivity index (χ0n) is 12.0. The van der Waals surface area contributed by atoms with Crippen molar-refractivity contribution in [2.45, 2.75) is 45.1 Å². The molecule has 0 aromatic heterocycles. The van der Waals surface area contributed by atoms with Crippen molar-refractivity contribution < 1.29 is 18.9 Å². The summed E-state index contributed by atoms with van der Waals surface area (Å²) in [6.45, 7) is 4.62. The standard InChI is InChI=1S/C15H22O4/c1-10-7-5-6-8-12(10)9-18-13-11(2)19-15(17-4)14(13)16-3/h5-8,11,13-15H,9H2,1-4H3/t11-,13+,14-,15+/m1/s1. The minimum Gasteiger partial charge on any atom is -0.373 e. The lowest BCUT2D eigenvalue weighted by molar-refractivity contribution is -0.154. The molecule has 0 bridgehead atoms. The molecule has 106 valence electrons. The molecule has 1 saturated heterocycles. The molecule has 1 aliphatic heterocycles. The quantitative estimate of drug-likeness (QED) is 0.819. The molecule has 1 heterocycles. The maximum absolute atomic E-state index is 5.99. The van der Waals surface area contributed by atoms with Crippen LogP contribution in [0.5, 0.6) is 0 Å². The number of benzene rings is 1. The fourth-order valence-corrected chi connectivity index (χ4v) is 2.41. The average Bonchev–Trinajstić information content (AvgIpc) is 2.73. The fraction of sp³-hybridized carbons (Fsp3) is 0.600. The number of methoxy groups -OCH3 is 2. The van der Waals surface area contributed by atoms with Gasteiger partial charge in [0.2, 0.25) is 0 Å². The Kier molecular flexibility index (Phi) is 4.93. The van der Waals surface area contributed by atoms with Gasteiger partial charge in [-0.1, -0.05) is 24.3 Å². The van der Waals surface area contributed by atoms with E-state index in [1.54, 1.807) is 14.2 Å². The second-order valence-corrected chi connectivity index (χ2v) is 4.85. The summed E-state index contributed by atoms with van der Waals surface area (Å²) in [5.74, 6) is 0.